The summed E-state index contributed by atoms with van der Waals surface area (Å²) in [5.74, 6) is -0.508. The second kappa shape index (κ2) is 4.97. The minimum Gasteiger partial charge on any atom is -0.506 e. The molecule has 0 aliphatic carbocycles. The number of hydrogen-bond donors (Lipinski definition) is 1. The number of nitrogens with zero attached hydrogens (tertiary/aromatic N) is 1. The summed E-state index contributed by atoms with van der Waals surface area (Å²) in [6.45, 7) is 0. The first-order valence-electron chi connectivity index (χ1n) is 5.06. The Morgan fingerprint density at radius 1 is 1.21 bits per heavy atom. The summed E-state index contributed by atoms with van der Waals surface area (Å²) in [6, 6.07) is 6.56. The van der Waals surface area contributed by atoms with Crippen LogP contribution in [-0.2, 0) is 0 Å². The first-order chi connectivity index (χ1) is 8.85. The molecule has 0 radical (unpaired) electrons. The van der Waals surface area contributed by atoms with Crippen molar-refractivity contribution in [1.29, 1.82) is 0 Å². The van der Waals surface area contributed by atoms with Crippen molar-refractivity contribution in [2.45, 2.75) is 6.36 Å². The maximum atomic E-state index is 12.1. The predicted octanol–water partition coefficient (Wildman–Crippen LogP) is 4.01. The lowest BCUT2D eigenvalue weighted by atomic mass is 10.1. The Morgan fingerprint density at radius 2 is 1.95 bits per heavy atom. The Morgan fingerprint density at radius 3 is 2.63 bits per heavy atom. The molecule has 100 valence electrons. The molecule has 0 spiro atoms. The van der Waals surface area contributed by atoms with Crippen LogP contribution >= 0.6 is 11.6 Å². The Labute approximate surface area is 111 Å². The van der Waals surface area contributed by atoms with Gasteiger partial charge in [0.25, 0.3) is 0 Å². The Bertz CT molecular complexity index is 602. The van der Waals surface area contributed by atoms with E-state index in [1.165, 1.54) is 24.3 Å². The highest BCUT2D eigenvalue weighted by Gasteiger charge is 2.31. The van der Waals surface area contributed by atoms with Crippen LogP contribution in [0.15, 0.2) is 36.5 Å². The molecule has 1 heterocycles. The first kappa shape index (κ1) is 13.5. The van der Waals surface area contributed by atoms with Crippen molar-refractivity contribution < 1.29 is 23.0 Å². The van der Waals surface area contributed by atoms with Gasteiger partial charge in [0.15, 0.2) is 0 Å². The minimum atomic E-state index is -4.76. The van der Waals surface area contributed by atoms with Gasteiger partial charge in [-0.05, 0) is 23.8 Å². The summed E-state index contributed by atoms with van der Waals surface area (Å²) in [4.78, 5) is 3.71. The number of alkyl halides is 3. The van der Waals surface area contributed by atoms with Gasteiger partial charge in [0.05, 0.1) is 6.20 Å². The molecule has 0 saturated carbocycles. The van der Waals surface area contributed by atoms with Crippen molar-refractivity contribution in [1.82, 2.24) is 4.98 Å². The van der Waals surface area contributed by atoms with E-state index in [1.807, 2.05) is 0 Å². The Balaban J connectivity index is 2.40. The van der Waals surface area contributed by atoms with Crippen LogP contribution < -0.4 is 4.74 Å². The number of ether oxygens (including phenoxy) is 1. The number of aromatic hydroxyl groups is 1. The van der Waals surface area contributed by atoms with Gasteiger partial charge in [0, 0.05) is 5.56 Å². The van der Waals surface area contributed by atoms with Crippen LogP contribution in [0.1, 0.15) is 0 Å². The zero-order chi connectivity index (χ0) is 14.0. The highest BCUT2D eigenvalue weighted by atomic mass is 35.5. The molecule has 0 amide bonds. The molecule has 0 saturated heterocycles. The molecule has 2 aromatic rings. The van der Waals surface area contributed by atoms with E-state index in [0.717, 1.165) is 12.3 Å². The molecule has 0 atom stereocenters. The molecule has 1 N–H and O–H groups in total. The van der Waals surface area contributed by atoms with Gasteiger partial charge in [-0.2, -0.15) is 0 Å². The van der Waals surface area contributed by atoms with E-state index >= 15 is 0 Å². The number of halogens is 4. The molecule has 19 heavy (non-hydrogen) atoms. The normalized spacial score (nSPS) is 11.4. The summed E-state index contributed by atoms with van der Waals surface area (Å²) in [6.07, 6.45) is -3.62. The molecule has 1 aromatic heterocycles. The monoisotopic (exact) mass is 289 g/mol. The molecule has 0 aliphatic heterocycles. The predicted molar refractivity (Wildman–Crippen MR) is 63.0 cm³/mol. The fourth-order valence-corrected chi connectivity index (χ4v) is 1.71. The third-order valence-corrected chi connectivity index (χ3v) is 2.50. The van der Waals surface area contributed by atoms with Crippen LogP contribution in [0.2, 0.25) is 5.15 Å². The van der Waals surface area contributed by atoms with Gasteiger partial charge < -0.3 is 9.84 Å². The second-order valence-corrected chi connectivity index (χ2v) is 3.97. The van der Waals surface area contributed by atoms with Crippen LogP contribution in [0.5, 0.6) is 11.5 Å². The van der Waals surface area contributed by atoms with Crippen molar-refractivity contribution >= 4 is 11.6 Å². The van der Waals surface area contributed by atoms with Crippen LogP contribution in [0.3, 0.4) is 0 Å². The van der Waals surface area contributed by atoms with Gasteiger partial charge in [0.2, 0.25) is 0 Å². The molecule has 0 unspecified atom stereocenters. The fraction of sp³-hybridized carbons (Fsp3) is 0.0833. The van der Waals surface area contributed by atoms with E-state index in [-0.39, 0.29) is 16.7 Å². The molecule has 0 fully saturated rings. The lowest BCUT2D eigenvalue weighted by Crippen LogP contribution is -2.17. The van der Waals surface area contributed by atoms with Crippen molar-refractivity contribution in [3.63, 3.8) is 0 Å². The topological polar surface area (TPSA) is 42.4 Å². The fourth-order valence-electron chi connectivity index (χ4n) is 1.50. The van der Waals surface area contributed by atoms with Gasteiger partial charge in [-0.15, -0.1) is 13.2 Å². The molecule has 7 heteroatoms. The van der Waals surface area contributed by atoms with E-state index in [2.05, 4.69) is 9.72 Å². The molecule has 2 rings (SSSR count). The standard InChI is InChI=1S/C12H7ClF3NO2/c13-11-10(5-8(18)6-17-11)7-2-1-3-9(4-7)19-12(14,15)16/h1-6,18H. The van der Waals surface area contributed by atoms with E-state index in [9.17, 15) is 18.3 Å². The summed E-state index contributed by atoms with van der Waals surface area (Å²) < 4.78 is 40.2. The third-order valence-electron chi connectivity index (χ3n) is 2.20. The average molecular weight is 290 g/mol. The number of aromatic nitrogens is 1. The molecule has 1 aromatic carbocycles. The van der Waals surface area contributed by atoms with Crippen molar-refractivity contribution in [3.8, 4) is 22.6 Å². The van der Waals surface area contributed by atoms with Gasteiger partial charge in [0.1, 0.15) is 16.7 Å². The van der Waals surface area contributed by atoms with Crippen molar-refractivity contribution in [3.05, 3.63) is 41.7 Å². The summed E-state index contributed by atoms with van der Waals surface area (Å²) in [5, 5.41) is 9.39. The average Bonchev–Trinajstić information content (AvgIpc) is 2.30. The Hall–Kier alpha value is -1.95. The van der Waals surface area contributed by atoms with Crippen LogP contribution in [0.4, 0.5) is 13.2 Å². The summed E-state index contributed by atoms with van der Waals surface area (Å²) >= 11 is 5.83. The quantitative estimate of drug-likeness (QED) is 0.850. The largest absolute Gasteiger partial charge is 0.573 e. The van der Waals surface area contributed by atoms with E-state index < -0.39 is 6.36 Å². The minimum absolute atomic E-state index is 0.0713. The lowest BCUT2D eigenvalue weighted by molar-refractivity contribution is -0.274. The highest BCUT2D eigenvalue weighted by Crippen LogP contribution is 2.32. The van der Waals surface area contributed by atoms with Crippen LogP contribution in [-0.4, -0.2) is 16.5 Å². The van der Waals surface area contributed by atoms with E-state index in [4.69, 9.17) is 11.6 Å². The Kier molecular flexibility index (Phi) is 3.53. The van der Waals surface area contributed by atoms with E-state index in [1.54, 1.807) is 0 Å². The maximum absolute atomic E-state index is 12.1. The van der Waals surface area contributed by atoms with Gasteiger partial charge >= 0.3 is 6.36 Å². The molecule has 0 bridgehead atoms. The van der Waals surface area contributed by atoms with Crippen LogP contribution in [0.25, 0.3) is 11.1 Å². The van der Waals surface area contributed by atoms with E-state index in [0.29, 0.717) is 11.1 Å². The first-order valence-corrected chi connectivity index (χ1v) is 5.43. The van der Waals surface area contributed by atoms with Gasteiger partial charge in [-0.25, -0.2) is 4.98 Å². The number of hydrogen-bond acceptors (Lipinski definition) is 3. The summed E-state index contributed by atoms with van der Waals surface area (Å²) in [5.41, 5.74) is 0.671. The molecular weight excluding hydrogens is 283 g/mol. The molecule has 3 nitrogen and oxygen atoms in total. The zero-order valence-corrected chi connectivity index (χ0v) is 10.0. The van der Waals surface area contributed by atoms with Crippen LogP contribution in [0, 0.1) is 0 Å². The number of benzene rings is 1. The van der Waals surface area contributed by atoms with Crippen molar-refractivity contribution in [2.75, 3.05) is 0 Å². The lowest BCUT2D eigenvalue weighted by Gasteiger charge is -2.10. The molecule has 0 aliphatic rings. The van der Waals surface area contributed by atoms with Gasteiger partial charge in [-0.1, -0.05) is 23.7 Å². The third kappa shape index (κ3) is 3.51. The molecular formula is C12H7ClF3NO2. The SMILES string of the molecule is Oc1cnc(Cl)c(-c2cccc(OC(F)(F)F)c2)c1. The second-order valence-electron chi connectivity index (χ2n) is 3.61. The van der Waals surface area contributed by atoms with Gasteiger partial charge in [-0.3, -0.25) is 0 Å². The number of rotatable bonds is 2. The van der Waals surface area contributed by atoms with Crippen molar-refractivity contribution in [2.24, 2.45) is 0 Å². The maximum Gasteiger partial charge on any atom is 0.573 e. The zero-order valence-electron chi connectivity index (χ0n) is 9.28. The smallest absolute Gasteiger partial charge is 0.506 e. The summed E-state index contributed by atoms with van der Waals surface area (Å²) in [7, 11) is 0. The number of pyridine rings is 1. The highest BCUT2D eigenvalue weighted by molar-refractivity contribution is 6.32.